The van der Waals surface area contributed by atoms with Gasteiger partial charge in [0.1, 0.15) is 5.76 Å². The molecule has 3 rings (SSSR count). The van der Waals surface area contributed by atoms with Gasteiger partial charge in [0.15, 0.2) is 11.0 Å². The van der Waals surface area contributed by atoms with Gasteiger partial charge in [-0.15, -0.1) is 0 Å². The molecule has 1 N–H and O–H groups in total. The van der Waals surface area contributed by atoms with E-state index in [0.29, 0.717) is 11.6 Å². The number of nitrogens with zero attached hydrogens (tertiary/aromatic N) is 3. The largest absolute Gasteiger partial charge is 0.360 e. The highest BCUT2D eigenvalue weighted by molar-refractivity contribution is 9.10. The van der Waals surface area contributed by atoms with E-state index in [0.717, 1.165) is 15.3 Å². The molecule has 23 heavy (non-hydrogen) atoms. The summed E-state index contributed by atoms with van der Waals surface area (Å²) in [4.78, 5) is 16.3. The van der Waals surface area contributed by atoms with Crippen LogP contribution < -0.4 is 5.32 Å². The quantitative estimate of drug-likeness (QED) is 0.670. The molecule has 0 aliphatic heterocycles. The molecule has 118 valence electrons. The van der Waals surface area contributed by atoms with Crippen molar-refractivity contribution in [2.45, 2.75) is 12.1 Å². The zero-order valence-corrected chi connectivity index (χ0v) is 14.6. The summed E-state index contributed by atoms with van der Waals surface area (Å²) in [6.45, 7) is 1.77. The molecule has 3 aromatic rings. The number of halogens is 1. The van der Waals surface area contributed by atoms with Gasteiger partial charge < -0.3 is 9.84 Å². The van der Waals surface area contributed by atoms with Gasteiger partial charge in [0, 0.05) is 28.6 Å². The van der Waals surface area contributed by atoms with Crippen LogP contribution in [0.5, 0.6) is 0 Å². The number of hydrogen-bond acceptors (Lipinski definition) is 5. The Labute approximate surface area is 145 Å². The molecule has 0 radical (unpaired) electrons. The third-order valence-corrected chi connectivity index (χ3v) is 4.43. The first-order valence-electron chi connectivity index (χ1n) is 6.77. The molecule has 0 fully saturated rings. The number of nitrogens with one attached hydrogen (secondary N) is 1. The van der Waals surface area contributed by atoms with Crippen molar-refractivity contribution in [1.82, 2.24) is 14.7 Å². The zero-order chi connectivity index (χ0) is 16.2. The van der Waals surface area contributed by atoms with Gasteiger partial charge in [-0.05, 0) is 31.2 Å². The van der Waals surface area contributed by atoms with Crippen LogP contribution in [-0.4, -0.2) is 26.4 Å². The fourth-order valence-corrected chi connectivity index (χ4v) is 2.97. The second kappa shape index (κ2) is 7.01. The standard InChI is InChI=1S/C15H13BrN4O2S/c1-10-8-13(19-22-10)18-14(21)9-23-15-17-6-7-20(15)12-4-2-11(16)3-5-12/h2-8H,9H2,1H3,(H,18,19,21). The molecule has 1 aromatic carbocycles. The molecule has 0 saturated heterocycles. The summed E-state index contributed by atoms with van der Waals surface area (Å²) in [5, 5.41) is 7.17. The molecule has 0 spiro atoms. The SMILES string of the molecule is Cc1cc(NC(=O)CSc2nccn2-c2ccc(Br)cc2)no1. The van der Waals surface area contributed by atoms with Gasteiger partial charge in [-0.1, -0.05) is 32.8 Å². The number of anilines is 1. The number of carbonyl (C=O) groups excluding carboxylic acids is 1. The van der Waals surface area contributed by atoms with Crippen molar-refractivity contribution in [3.8, 4) is 5.69 Å². The number of carbonyl (C=O) groups is 1. The maximum absolute atomic E-state index is 12.0. The number of benzene rings is 1. The van der Waals surface area contributed by atoms with Crippen LogP contribution in [0.2, 0.25) is 0 Å². The number of aromatic nitrogens is 3. The van der Waals surface area contributed by atoms with E-state index >= 15 is 0 Å². The summed E-state index contributed by atoms with van der Waals surface area (Å²) in [5.74, 6) is 1.15. The molecule has 0 aliphatic rings. The van der Waals surface area contributed by atoms with Crippen LogP contribution in [0.15, 0.2) is 56.9 Å². The maximum atomic E-state index is 12.0. The predicted octanol–water partition coefficient (Wildman–Crippen LogP) is 3.66. The van der Waals surface area contributed by atoms with Crippen molar-refractivity contribution >= 4 is 39.4 Å². The van der Waals surface area contributed by atoms with Gasteiger partial charge in [-0.3, -0.25) is 9.36 Å². The fourth-order valence-electron chi connectivity index (χ4n) is 1.93. The zero-order valence-electron chi connectivity index (χ0n) is 12.2. The smallest absolute Gasteiger partial charge is 0.236 e. The fraction of sp³-hybridized carbons (Fsp3) is 0.133. The number of aryl methyl sites for hydroxylation is 1. The van der Waals surface area contributed by atoms with Gasteiger partial charge in [0.05, 0.1) is 5.75 Å². The molecule has 0 bridgehead atoms. The van der Waals surface area contributed by atoms with E-state index in [1.165, 1.54) is 11.8 Å². The van der Waals surface area contributed by atoms with E-state index in [4.69, 9.17) is 4.52 Å². The molecule has 0 saturated carbocycles. The lowest BCUT2D eigenvalue weighted by Gasteiger charge is -2.07. The van der Waals surface area contributed by atoms with Crippen LogP contribution in [0.4, 0.5) is 5.82 Å². The summed E-state index contributed by atoms with van der Waals surface area (Å²) < 4.78 is 7.86. The van der Waals surface area contributed by atoms with Crippen molar-refractivity contribution in [2.24, 2.45) is 0 Å². The first-order chi connectivity index (χ1) is 11.1. The Bertz CT molecular complexity index is 813. The van der Waals surface area contributed by atoms with Crippen molar-refractivity contribution in [1.29, 1.82) is 0 Å². The Morgan fingerprint density at radius 1 is 1.39 bits per heavy atom. The van der Waals surface area contributed by atoms with Gasteiger partial charge in [0.2, 0.25) is 5.91 Å². The highest BCUT2D eigenvalue weighted by Crippen LogP contribution is 2.22. The van der Waals surface area contributed by atoms with E-state index in [-0.39, 0.29) is 11.7 Å². The Kier molecular flexibility index (Phi) is 4.82. The second-order valence-corrected chi connectivity index (χ2v) is 6.57. The van der Waals surface area contributed by atoms with Crippen molar-refractivity contribution in [3.05, 3.63) is 53.0 Å². The van der Waals surface area contributed by atoms with Crippen molar-refractivity contribution in [2.75, 3.05) is 11.1 Å². The van der Waals surface area contributed by atoms with Crippen molar-refractivity contribution < 1.29 is 9.32 Å². The van der Waals surface area contributed by atoms with E-state index in [2.05, 4.69) is 31.4 Å². The highest BCUT2D eigenvalue weighted by atomic mass is 79.9. The maximum Gasteiger partial charge on any atom is 0.236 e. The molecule has 0 unspecified atom stereocenters. The minimum Gasteiger partial charge on any atom is -0.360 e. The Balaban J connectivity index is 1.64. The van der Waals surface area contributed by atoms with Gasteiger partial charge in [-0.2, -0.15) is 0 Å². The molecular weight excluding hydrogens is 380 g/mol. The third kappa shape index (κ3) is 4.02. The lowest BCUT2D eigenvalue weighted by molar-refractivity contribution is -0.113. The summed E-state index contributed by atoms with van der Waals surface area (Å²) >= 11 is 4.77. The van der Waals surface area contributed by atoms with Crippen LogP contribution in [0.3, 0.4) is 0 Å². The molecule has 0 atom stereocenters. The summed E-state index contributed by atoms with van der Waals surface area (Å²) in [6, 6.07) is 9.56. The molecule has 0 aliphatic carbocycles. The minimum atomic E-state index is -0.159. The Morgan fingerprint density at radius 2 is 2.17 bits per heavy atom. The van der Waals surface area contributed by atoms with Crippen molar-refractivity contribution in [3.63, 3.8) is 0 Å². The Hall–Kier alpha value is -2.06. The van der Waals surface area contributed by atoms with E-state index in [9.17, 15) is 4.79 Å². The van der Waals surface area contributed by atoms with Crippen LogP contribution in [0, 0.1) is 6.92 Å². The van der Waals surface area contributed by atoms with E-state index in [1.807, 2.05) is 35.0 Å². The lowest BCUT2D eigenvalue weighted by atomic mass is 10.3. The number of imidazole rings is 1. The average Bonchev–Trinajstić information content (AvgIpc) is 3.15. The molecule has 1 amide bonds. The summed E-state index contributed by atoms with van der Waals surface area (Å²) in [7, 11) is 0. The average molecular weight is 393 g/mol. The van der Waals surface area contributed by atoms with Crippen LogP contribution in [0.25, 0.3) is 5.69 Å². The van der Waals surface area contributed by atoms with Gasteiger partial charge in [0.25, 0.3) is 0 Å². The van der Waals surface area contributed by atoms with Crippen LogP contribution in [0.1, 0.15) is 5.76 Å². The molecule has 8 heteroatoms. The van der Waals surface area contributed by atoms with E-state index in [1.54, 1.807) is 19.2 Å². The number of amides is 1. The molecule has 2 heterocycles. The molecular formula is C15H13BrN4O2S. The first-order valence-corrected chi connectivity index (χ1v) is 8.55. The van der Waals surface area contributed by atoms with Gasteiger partial charge in [-0.25, -0.2) is 4.98 Å². The summed E-state index contributed by atoms with van der Waals surface area (Å²) in [6.07, 6.45) is 3.58. The molecule has 6 nitrogen and oxygen atoms in total. The summed E-state index contributed by atoms with van der Waals surface area (Å²) in [5.41, 5.74) is 0.987. The number of rotatable bonds is 5. The molecule has 2 aromatic heterocycles. The normalized spacial score (nSPS) is 10.7. The first kappa shape index (κ1) is 15.8. The third-order valence-electron chi connectivity index (χ3n) is 2.94. The topological polar surface area (TPSA) is 73.0 Å². The monoisotopic (exact) mass is 392 g/mol. The number of hydrogen-bond donors (Lipinski definition) is 1. The lowest BCUT2D eigenvalue weighted by Crippen LogP contribution is -2.14. The minimum absolute atomic E-state index is 0.159. The Morgan fingerprint density at radius 3 is 2.87 bits per heavy atom. The second-order valence-electron chi connectivity index (χ2n) is 4.72. The van der Waals surface area contributed by atoms with Gasteiger partial charge >= 0.3 is 0 Å². The van der Waals surface area contributed by atoms with E-state index < -0.39 is 0 Å². The predicted molar refractivity (Wildman–Crippen MR) is 91.9 cm³/mol. The van der Waals surface area contributed by atoms with Crippen LogP contribution in [-0.2, 0) is 4.79 Å². The number of thioether (sulfide) groups is 1. The van der Waals surface area contributed by atoms with Crippen LogP contribution >= 0.6 is 27.7 Å². The highest BCUT2D eigenvalue weighted by Gasteiger charge is 2.10.